The molecule has 0 aromatic rings. The second-order valence-corrected chi connectivity index (χ2v) is 11.6. The summed E-state index contributed by atoms with van der Waals surface area (Å²) in [4.78, 5) is 0. The quantitative estimate of drug-likeness (QED) is 0.415. The van der Waals surface area contributed by atoms with E-state index in [-0.39, 0.29) is 2.74 Å². The molecular weight excluding hydrogens is 329 g/mol. The molecule has 0 aromatic heterocycles. The molecule has 0 aliphatic heterocycles. The van der Waals surface area contributed by atoms with Crippen molar-refractivity contribution in [2.24, 2.45) is 0 Å². The Morgan fingerprint density at radius 2 is 1.29 bits per heavy atom. The second-order valence-electron chi connectivity index (χ2n) is 1.87. The van der Waals surface area contributed by atoms with E-state index in [0.29, 0.717) is 0 Å². The largest absolute Gasteiger partial charge is 0.168 e. The summed E-state index contributed by atoms with van der Waals surface area (Å²) in [5.41, 5.74) is 0. The lowest BCUT2D eigenvalue weighted by Gasteiger charge is -2.29. The van der Waals surface area contributed by atoms with Gasteiger partial charge in [-0.15, -0.1) is 47.0 Å². The van der Waals surface area contributed by atoms with E-state index in [9.17, 15) is 0 Å². The molecule has 0 spiro atoms. The lowest BCUT2D eigenvalue weighted by molar-refractivity contribution is 1.83. The molecule has 0 aromatic carbocycles. The van der Waals surface area contributed by atoms with E-state index in [1.54, 1.807) is 0 Å². The highest BCUT2D eigenvalue weighted by Crippen LogP contribution is 2.56. The first-order valence-corrected chi connectivity index (χ1v) is 10.9. The van der Waals surface area contributed by atoms with Gasteiger partial charge in [0.1, 0.15) is 0 Å². The van der Waals surface area contributed by atoms with E-state index >= 15 is 0 Å². The molecule has 0 bridgehead atoms. The minimum Gasteiger partial charge on any atom is -0.168 e. The molecule has 0 N–H and O–H groups in total. The Balaban J connectivity index is 4.21. The van der Waals surface area contributed by atoms with Crippen LogP contribution in [0.15, 0.2) is 0 Å². The third kappa shape index (κ3) is 7.19. The van der Waals surface area contributed by atoms with Crippen LogP contribution >= 0.6 is 96.7 Å². The number of thioether (sulfide) groups is 5. The molecule has 0 unspecified atom stereocenters. The Morgan fingerprint density at radius 3 is 1.57 bits per heavy atom. The predicted molar refractivity (Wildman–Crippen MR) is 93.0 cm³/mol. The molecule has 86 valence electrons. The van der Waals surface area contributed by atoms with Crippen LogP contribution in [0.4, 0.5) is 0 Å². The zero-order valence-corrected chi connectivity index (χ0v) is 14.5. The van der Waals surface area contributed by atoms with Crippen LogP contribution < -0.4 is 0 Å². The second kappa shape index (κ2) is 10.9. The van der Waals surface area contributed by atoms with Crippen molar-refractivity contribution in [3.05, 3.63) is 0 Å². The monoisotopic (exact) mass is 342 g/mol. The van der Waals surface area contributed by atoms with E-state index < -0.39 is 0 Å². The Bertz CT molecular complexity index is 112. The van der Waals surface area contributed by atoms with E-state index in [1.165, 1.54) is 0 Å². The molecular formula is C6H14S8. The van der Waals surface area contributed by atoms with Crippen LogP contribution in [-0.4, -0.2) is 29.3 Å². The molecule has 0 saturated heterocycles. The van der Waals surface area contributed by atoms with Crippen LogP contribution in [0.25, 0.3) is 0 Å². The van der Waals surface area contributed by atoms with Crippen molar-refractivity contribution in [1.29, 1.82) is 0 Å². The van der Waals surface area contributed by atoms with Crippen LogP contribution in [-0.2, 0) is 0 Å². The Labute approximate surface area is 125 Å². The molecule has 0 fully saturated rings. The molecule has 0 atom stereocenters. The van der Waals surface area contributed by atoms with E-state index in [1.807, 2.05) is 58.8 Å². The summed E-state index contributed by atoms with van der Waals surface area (Å²) in [5.74, 6) is 0. The Hall–Kier alpha value is 2.80. The minimum absolute atomic E-state index is 0.119. The SMILES string of the molecule is CSCSC(SCS)(SCS)SCS. The first-order valence-electron chi connectivity index (χ1n) is 3.62. The van der Waals surface area contributed by atoms with Gasteiger partial charge in [-0.2, -0.15) is 49.6 Å². The number of rotatable bonds is 9. The maximum Gasteiger partial charge on any atom is 0.156 e. The molecule has 0 heterocycles. The lowest BCUT2D eigenvalue weighted by Crippen LogP contribution is -2.11. The van der Waals surface area contributed by atoms with Crippen molar-refractivity contribution >= 4 is 96.7 Å². The van der Waals surface area contributed by atoms with Crippen LogP contribution in [0.3, 0.4) is 0 Å². The van der Waals surface area contributed by atoms with Gasteiger partial charge in [0.2, 0.25) is 0 Å². The van der Waals surface area contributed by atoms with Crippen molar-refractivity contribution in [1.82, 2.24) is 0 Å². The first-order chi connectivity index (χ1) is 6.74. The van der Waals surface area contributed by atoms with Crippen LogP contribution in [0, 0.1) is 0 Å². The normalized spacial score (nSPS) is 12.0. The maximum absolute atomic E-state index is 4.29. The van der Waals surface area contributed by atoms with Gasteiger partial charge in [0.15, 0.2) is 2.74 Å². The van der Waals surface area contributed by atoms with Gasteiger partial charge in [-0.1, -0.05) is 0 Å². The van der Waals surface area contributed by atoms with Gasteiger partial charge in [0, 0.05) is 20.3 Å². The van der Waals surface area contributed by atoms with Crippen LogP contribution in [0.1, 0.15) is 0 Å². The highest BCUT2D eigenvalue weighted by molar-refractivity contribution is 8.51. The minimum atomic E-state index is 0.119. The highest BCUT2D eigenvalue weighted by Gasteiger charge is 2.31. The number of hydrogen-bond donors (Lipinski definition) is 3. The summed E-state index contributed by atoms with van der Waals surface area (Å²) >= 11 is 22.2. The van der Waals surface area contributed by atoms with Gasteiger partial charge in [-0.05, 0) is 6.26 Å². The zero-order valence-electron chi connectivity index (χ0n) is 7.71. The van der Waals surface area contributed by atoms with Gasteiger partial charge >= 0.3 is 0 Å². The molecule has 0 saturated carbocycles. The summed E-state index contributed by atoms with van der Waals surface area (Å²) in [6, 6.07) is 0. The standard InChI is InChI=1S/C6H14S8/c1-10-5-14-6(11-2-7,12-3-8)13-4-9/h7-9H,2-5H2,1H3. The van der Waals surface area contributed by atoms with Crippen molar-refractivity contribution in [3.8, 4) is 0 Å². The Kier molecular flexibility index (Phi) is 13.1. The van der Waals surface area contributed by atoms with Gasteiger partial charge < -0.3 is 0 Å². The van der Waals surface area contributed by atoms with Crippen molar-refractivity contribution in [2.45, 2.75) is 2.74 Å². The van der Waals surface area contributed by atoms with Crippen LogP contribution in [0.5, 0.6) is 0 Å². The number of hydrogen-bond acceptors (Lipinski definition) is 8. The fraction of sp³-hybridized carbons (Fsp3) is 1.00. The van der Waals surface area contributed by atoms with Crippen molar-refractivity contribution in [3.63, 3.8) is 0 Å². The van der Waals surface area contributed by atoms with Gasteiger partial charge in [0.05, 0.1) is 0 Å². The molecule has 0 aliphatic carbocycles. The molecule has 0 radical (unpaired) electrons. The van der Waals surface area contributed by atoms with Gasteiger partial charge in [-0.25, -0.2) is 0 Å². The average molecular weight is 343 g/mol. The molecule has 0 aliphatic rings. The summed E-state index contributed by atoms with van der Waals surface area (Å²) in [6.45, 7) is 0. The topological polar surface area (TPSA) is 0 Å². The van der Waals surface area contributed by atoms with Gasteiger partial charge in [0.25, 0.3) is 0 Å². The van der Waals surface area contributed by atoms with Crippen LogP contribution in [0.2, 0.25) is 0 Å². The molecule has 0 nitrogen and oxygen atoms in total. The highest BCUT2D eigenvalue weighted by atomic mass is 32.3. The van der Waals surface area contributed by atoms with Gasteiger partial charge in [-0.3, -0.25) is 0 Å². The lowest BCUT2D eigenvalue weighted by atomic mass is 11.8. The summed E-state index contributed by atoms with van der Waals surface area (Å²) in [6.07, 6.45) is 2.12. The fourth-order valence-electron chi connectivity index (χ4n) is 0.618. The Morgan fingerprint density at radius 1 is 0.857 bits per heavy atom. The number of thiol groups is 3. The smallest absolute Gasteiger partial charge is 0.156 e. The molecule has 0 rings (SSSR count). The summed E-state index contributed by atoms with van der Waals surface area (Å²) < 4.78 is 0.119. The van der Waals surface area contributed by atoms with E-state index in [0.717, 1.165) is 20.3 Å². The van der Waals surface area contributed by atoms with Crippen molar-refractivity contribution in [2.75, 3.05) is 26.6 Å². The molecule has 14 heavy (non-hydrogen) atoms. The third-order valence-corrected chi connectivity index (χ3v) is 9.70. The van der Waals surface area contributed by atoms with E-state index in [2.05, 4.69) is 44.1 Å². The molecule has 8 heteroatoms. The predicted octanol–water partition coefficient (Wildman–Crippen LogP) is 4.51. The molecule has 0 amide bonds. The van der Waals surface area contributed by atoms with E-state index in [4.69, 9.17) is 0 Å². The average Bonchev–Trinajstić information content (AvgIpc) is 2.16. The first kappa shape index (κ1) is 16.8. The van der Waals surface area contributed by atoms with Crippen molar-refractivity contribution < 1.29 is 0 Å². The summed E-state index contributed by atoms with van der Waals surface area (Å²) in [5, 5.41) is 3.61. The summed E-state index contributed by atoms with van der Waals surface area (Å²) in [7, 11) is 0. The fourth-order valence-corrected chi connectivity index (χ4v) is 11.1. The maximum atomic E-state index is 4.29. The third-order valence-electron chi connectivity index (χ3n) is 1.08. The zero-order chi connectivity index (χ0) is 10.9.